The molecular weight excluding hydrogens is 282 g/mol. The largest absolute Gasteiger partial charge is 0.397 e. The fraction of sp³-hybridized carbons (Fsp3) is 0.455. The van der Waals surface area contributed by atoms with Crippen LogP contribution in [0, 0.1) is 0 Å². The lowest BCUT2D eigenvalue weighted by atomic mass is 10.2. The Morgan fingerprint density at radius 1 is 1.15 bits per heavy atom. The number of anilines is 2. The van der Waals surface area contributed by atoms with Gasteiger partial charge in [0.25, 0.3) is 0 Å². The summed E-state index contributed by atoms with van der Waals surface area (Å²) < 4.78 is 29.2. The first-order chi connectivity index (χ1) is 9.47. The molecule has 0 saturated carbocycles. The predicted molar refractivity (Wildman–Crippen MR) is 74.8 cm³/mol. The second kappa shape index (κ2) is 4.60. The van der Waals surface area contributed by atoms with Crippen LogP contribution in [-0.4, -0.2) is 55.5 Å². The molecule has 108 valence electrons. The minimum absolute atomic E-state index is 0.454. The number of rotatable bonds is 2. The molecule has 2 aromatic rings. The first-order valence-electron chi connectivity index (χ1n) is 6.17. The van der Waals surface area contributed by atoms with Gasteiger partial charge in [0.15, 0.2) is 11.0 Å². The van der Waals surface area contributed by atoms with Crippen LogP contribution in [0.2, 0.25) is 0 Å². The number of nitrogens with zero attached hydrogens (tertiary/aromatic N) is 4. The van der Waals surface area contributed by atoms with Crippen LogP contribution >= 0.6 is 0 Å². The molecule has 8 nitrogen and oxygen atoms in total. The molecule has 2 N–H and O–H groups in total. The summed E-state index contributed by atoms with van der Waals surface area (Å²) in [6, 6.07) is 3.61. The van der Waals surface area contributed by atoms with Crippen molar-refractivity contribution in [2.75, 3.05) is 43.1 Å². The summed E-state index contributed by atoms with van der Waals surface area (Å²) in [5.74, 6) is 0. The van der Waals surface area contributed by atoms with Crippen molar-refractivity contribution in [3.63, 3.8) is 0 Å². The molecule has 9 heteroatoms. The smallest absolute Gasteiger partial charge is 0.211 e. The lowest BCUT2D eigenvalue weighted by Crippen LogP contribution is -2.48. The molecule has 1 aliphatic rings. The predicted octanol–water partition coefficient (Wildman–Crippen LogP) is -0.113. The fourth-order valence-corrected chi connectivity index (χ4v) is 3.22. The van der Waals surface area contributed by atoms with E-state index in [0.29, 0.717) is 42.9 Å². The minimum Gasteiger partial charge on any atom is -0.397 e. The molecule has 1 saturated heterocycles. The van der Waals surface area contributed by atoms with E-state index in [4.69, 9.17) is 10.4 Å². The van der Waals surface area contributed by atoms with Crippen LogP contribution in [0.5, 0.6) is 0 Å². The van der Waals surface area contributed by atoms with Gasteiger partial charge in [0, 0.05) is 26.2 Å². The molecule has 0 spiro atoms. The van der Waals surface area contributed by atoms with Crippen molar-refractivity contribution in [2.24, 2.45) is 0 Å². The summed E-state index contributed by atoms with van der Waals surface area (Å²) in [6.07, 6.45) is 1.23. The summed E-state index contributed by atoms with van der Waals surface area (Å²) >= 11 is 0. The molecule has 1 aromatic heterocycles. The number of hydrogen-bond acceptors (Lipinski definition) is 7. The number of nitrogens with two attached hydrogens (primary N) is 1. The summed E-state index contributed by atoms with van der Waals surface area (Å²) in [7, 11) is -3.13. The van der Waals surface area contributed by atoms with Gasteiger partial charge in [-0.2, -0.15) is 4.31 Å². The number of sulfonamides is 1. The van der Waals surface area contributed by atoms with Crippen molar-refractivity contribution < 1.29 is 13.0 Å². The van der Waals surface area contributed by atoms with Gasteiger partial charge in [0.05, 0.1) is 17.6 Å². The monoisotopic (exact) mass is 297 g/mol. The van der Waals surface area contributed by atoms with Gasteiger partial charge in [-0.1, -0.05) is 0 Å². The number of nitrogen functional groups attached to an aromatic ring is 1. The molecule has 0 radical (unpaired) electrons. The fourth-order valence-electron chi connectivity index (χ4n) is 2.39. The van der Waals surface area contributed by atoms with E-state index in [1.165, 1.54) is 10.6 Å². The van der Waals surface area contributed by atoms with Crippen molar-refractivity contribution in [3.8, 4) is 0 Å². The van der Waals surface area contributed by atoms with Crippen LogP contribution in [-0.2, 0) is 10.0 Å². The second-order valence-corrected chi connectivity index (χ2v) is 6.77. The van der Waals surface area contributed by atoms with Crippen LogP contribution in [0.15, 0.2) is 16.8 Å². The molecule has 0 bridgehead atoms. The molecule has 20 heavy (non-hydrogen) atoms. The Balaban J connectivity index is 1.87. The van der Waals surface area contributed by atoms with Crippen molar-refractivity contribution >= 4 is 32.4 Å². The molecule has 2 heterocycles. The van der Waals surface area contributed by atoms with Crippen molar-refractivity contribution in [2.45, 2.75) is 0 Å². The first-order valence-corrected chi connectivity index (χ1v) is 8.02. The quantitative estimate of drug-likeness (QED) is 0.771. The third-order valence-corrected chi connectivity index (χ3v) is 4.78. The third kappa shape index (κ3) is 2.18. The van der Waals surface area contributed by atoms with Gasteiger partial charge in [-0.15, -0.1) is 0 Å². The zero-order chi connectivity index (χ0) is 14.3. The number of fused-ring (bicyclic) bond motifs is 1. The topological polar surface area (TPSA) is 106 Å². The molecule has 1 aromatic carbocycles. The number of hydrogen-bond donors (Lipinski definition) is 1. The van der Waals surface area contributed by atoms with E-state index in [0.717, 1.165) is 5.69 Å². The van der Waals surface area contributed by atoms with E-state index < -0.39 is 10.0 Å². The highest BCUT2D eigenvalue weighted by Crippen LogP contribution is 2.29. The molecule has 0 aliphatic carbocycles. The molecule has 3 rings (SSSR count). The maximum Gasteiger partial charge on any atom is 0.211 e. The average Bonchev–Trinajstić information content (AvgIpc) is 2.88. The Bertz CT molecular complexity index is 734. The maximum absolute atomic E-state index is 11.5. The van der Waals surface area contributed by atoms with Gasteiger partial charge < -0.3 is 10.6 Å². The summed E-state index contributed by atoms with van der Waals surface area (Å²) in [5, 5.41) is 7.67. The Morgan fingerprint density at radius 2 is 1.80 bits per heavy atom. The van der Waals surface area contributed by atoms with Gasteiger partial charge in [0.2, 0.25) is 10.0 Å². The Hall–Kier alpha value is -1.87. The number of benzene rings is 1. The summed E-state index contributed by atoms with van der Waals surface area (Å²) in [5.41, 5.74) is 8.33. The van der Waals surface area contributed by atoms with Crippen LogP contribution in [0.4, 0.5) is 11.4 Å². The van der Waals surface area contributed by atoms with E-state index in [1.54, 1.807) is 6.07 Å². The molecule has 1 aliphatic heterocycles. The lowest BCUT2D eigenvalue weighted by molar-refractivity contribution is 0.315. The third-order valence-electron chi connectivity index (χ3n) is 3.47. The van der Waals surface area contributed by atoms with Crippen molar-refractivity contribution in [3.05, 3.63) is 12.1 Å². The zero-order valence-electron chi connectivity index (χ0n) is 11.0. The van der Waals surface area contributed by atoms with E-state index in [1.807, 2.05) is 6.07 Å². The van der Waals surface area contributed by atoms with Gasteiger partial charge in [-0.25, -0.2) is 13.0 Å². The number of piperazine rings is 1. The van der Waals surface area contributed by atoms with Gasteiger partial charge in [0.1, 0.15) is 0 Å². The van der Waals surface area contributed by atoms with E-state index in [9.17, 15) is 8.42 Å². The summed E-state index contributed by atoms with van der Waals surface area (Å²) in [4.78, 5) is 2.06. The van der Waals surface area contributed by atoms with Crippen LogP contribution < -0.4 is 10.6 Å². The average molecular weight is 297 g/mol. The summed E-state index contributed by atoms with van der Waals surface area (Å²) in [6.45, 7) is 2.10. The molecule has 1 fully saturated rings. The van der Waals surface area contributed by atoms with Crippen molar-refractivity contribution in [1.29, 1.82) is 0 Å². The van der Waals surface area contributed by atoms with Crippen LogP contribution in [0.25, 0.3) is 11.0 Å². The standard InChI is InChI=1S/C11H15N5O3S/c1-20(17,18)16-6-4-15(5-7-16)9-3-2-8(12)10-11(9)14-19-13-10/h2-3H,4-7,12H2,1H3. The van der Waals surface area contributed by atoms with E-state index >= 15 is 0 Å². The number of aromatic nitrogens is 2. The van der Waals surface area contributed by atoms with E-state index in [-0.39, 0.29) is 0 Å². The van der Waals surface area contributed by atoms with Gasteiger partial charge >= 0.3 is 0 Å². The molecular formula is C11H15N5O3S. The van der Waals surface area contributed by atoms with Crippen LogP contribution in [0.3, 0.4) is 0 Å². The first kappa shape index (κ1) is 13.1. The van der Waals surface area contributed by atoms with E-state index in [2.05, 4.69) is 15.2 Å². The Morgan fingerprint density at radius 3 is 2.45 bits per heavy atom. The zero-order valence-corrected chi connectivity index (χ0v) is 11.8. The lowest BCUT2D eigenvalue weighted by Gasteiger charge is -2.34. The highest BCUT2D eigenvalue weighted by atomic mass is 32.2. The van der Waals surface area contributed by atoms with Crippen LogP contribution in [0.1, 0.15) is 0 Å². The van der Waals surface area contributed by atoms with Gasteiger partial charge in [-0.3, -0.25) is 0 Å². The molecule has 0 amide bonds. The SMILES string of the molecule is CS(=O)(=O)N1CCN(c2ccc(N)c3nonc23)CC1. The highest BCUT2D eigenvalue weighted by Gasteiger charge is 2.25. The molecule has 0 unspecified atom stereocenters. The second-order valence-electron chi connectivity index (χ2n) is 4.78. The minimum atomic E-state index is -3.13. The molecule has 0 atom stereocenters. The maximum atomic E-state index is 11.5. The van der Waals surface area contributed by atoms with Gasteiger partial charge in [-0.05, 0) is 22.4 Å². The Labute approximate surface area is 116 Å². The van der Waals surface area contributed by atoms with Crippen molar-refractivity contribution in [1.82, 2.24) is 14.6 Å². The Kier molecular flexibility index (Phi) is 3.02. The normalized spacial score (nSPS) is 17.8. The highest BCUT2D eigenvalue weighted by molar-refractivity contribution is 7.88.